The minimum atomic E-state index is -1.65. The van der Waals surface area contributed by atoms with E-state index in [0.717, 1.165) is 76.8 Å². The Kier molecular flexibility index (Phi) is 27.5. The van der Waals surface area contributed by atoms with E-state index in [9.17, 15) is 4.79 Å². The summed E-state index contributed by atoms with van der Waals surface area (Å²) in [5.74, 6) is -1.75. The Morgan fingerprint density at radius 2 is 0.832 bits per heavy atom. The fourth-order valence-corrected chi connectivity index (χ4v) is 14.2. The number of hydrogen-bond donors (Lipinski definition) is 0. The molecule has 564 valence electrons. The summed E-state index contributed by atoms with van der Waals surface area (Å²) in [6.07, 6.45) is -11.0. The maximum absolute atomic E-state index is 15.6. The highest BCUT2D eigenvalue weighted by Gasteiger charge is 2.61. The third-order valence-corrected chi connectivity index (χ3v) is 19.9. The third-order valence-electron chi connectivity index (χ3n) is 19.9. The lowest BCUT2D eigenvalue weighted by atomic mass is 9.93. The van der Waals surface area contributed by atoms with Gasteiger partial charge in [0, 0.05) is 12.2 Å². The molecule has 5 aliphatic rings. The van der Waals surface area contributed by atoms with Gasteiger partial charge in [-0.05, 0) is 72.7 Å². The number of fused-ring (bicyclic) bond motifs is 2. The fraction of sp³-hybridized carbons (Fsp3) is 0.420. The van der Waals surface area contributed by atoms with Crippen LogP contribution in [0.5, 0.6) is 0 Å². The van der Waals surface area contributed by atoms with Gasteiger partial charge in [-0.2, -0.15) is 0 Å². The summed E-state index contributed by atoms with van der Waals surface area (Å²) in [4.78, 5) is 46.5. The summed E-state index contributed by atoms with van der Waals surface area (Å²) >= 11 is 0. The highest BCUT2D eigenvalue weighted by Crippen LogP contribution is 2.44. The first kappa shape index (κ1) is 77.0. The van der Waals surface area contributed by atoms with Crippen molar-refractivity contribution in [3.63, 3.8) is 0 Å². The molecule has 0 spiro atoms. The Bertz CT molecular complexity index is 3960. The molecule has 0 aliphatic carbocycles. The number of benzene rings is 8. The molecule has 8 aromatic rings. The number of esters is 1. The van der Waals surface area contributed by atoms with E-state index in [1.165, 1.54) is 0 Å². The Balaban J connectivity index is 0.952. The Morgan fingerprint density at radius 1 is 0.411 bits per heavy atom. The van der Waals surface area contributed by atoms with Crippen LogP contribution in [0.3, 0.4) is 0 Å². The molecular formula is C88H99NO18. The number of rotatable bonds is 35. The van der Waals surface area contributed by atoms with Crippen molar-refractivity contribution in [1.29, 1.82) is 0 Å². The average Bonchev–Trinajstić information content (AvgIpc) is 1.27. The first-order valence-electron chi connectivity index (χ1n) is 37.7. The van der Waals surface area contributed by atoms with Crippen molar-refractivity contribution in [3.8, 4) is 0 Å². The van der Waals surface area contributed by atoms with E-state index in [2.05, 4.69) is 6.92 Å². The first-order valence-corrected chi connectivity index (χ1v) is 37.7. The molecule has 4 fully saturated rings. The second-order valence-corrected chi connectivity index (χ2v) is 28.8. The molecule has 0 radical (unpaired) electrons. The van der Waals surface area contributed by atoms with Crippen LogP contribution in [-0.2, 0) is 115 Å². The molecule has 1 unspecified atom stereocenters. The molecule has 19 heteroatoms. The topological polar surface area (TPSA) is 193 Å². The Labute approximate surface area is 627 Å². The largest absolute Gasteiger partial charge is 0.462 e. The van der Waals surface area contributed by atoms with Gasteiger partial charge in [0.25, 0.3) is 11.8 Å². The molecule has 107 heavy (non-hydrogen) atoms. The van der Waals surface area contributed by atoms with Crippen LogP contribution < -0.4 is 0 Å². The minimum Gasteiger partial charge on any atom is -0.462 e. The number of hydrogen-bond acceptors (Lipinski definition) is 18. The van der Waals surface area contributed by atoms with E-state index in [-0.39, 0.29) is 70.6 Å². The van der Waals surface area contributed by atoms with Crippen molar-refractivity contribution in [2.75, 3.05) is 26.4 Å². The summed E-state index contributed by atoms with van der Waals surface area (Å²) in [6, 6.07) is 73.3. The van der Waals surface area contributed by atoms with Crippen LogP contribution in [0.4, 0.5) is 0 Å². The molecule has 0 bridgehead atoms. The second kappa shape index (κ2) is 38.2. The highest BCUT2D eigenvalue weighted by atomic mass is 16.8. The Hall–Kier alpha value is -8.19. The predicted octanol–water partition coefficient (Wildman–Crippen LogP) is 14.8. The van der Waals surface area contributed by atoms with E-state index >= 15 is 9.59 Å². The van der Waals surface area contributed by atoms with Crippen LogP contribution in [-0.4, -0.2) is 141 Å². The molecule has 5 aliphatic heterocycles. The number of imide groups is 1. The number of unbranched alkanes of at least 4 members (excludes halogenated alkanes) is 5. The molecule has 19 nitrogen and oxygen atoms in total. The van der Waals surface area contributed by atoms with Gasteiger partial charge in [-0.3, -0.25) is 19.3 Å². The van der Waals surface area contributed by atoms with Gasteiger partial charge in [-0.1, -0.05) is 263 Å². The van der Waals surface area contributed by atoms with Crippen molar-refractivity contribution >= 4 is 17.8 Å². The van der Waals surface area contributed by atoms with Gasteiger partial charge in [0.2, 0.25) is 0 Å². The zero-order chi connectivity index (χ0) is 73.7. The van der Waals surface area contributed by atoms with Crippen molar-refractivity contribution in [3.05, 3.63) is 287 Å². The zero-order valence-corrected chi connectivity index (χ0v) is 61.4. The van der Waals surface area contributed by atoms with Crippen LogP contribution >= 0.6 is 0 Å². The Morgan fingerprint density at radius 3 is 1.35 bits per heavy atom. The molecular weight excluding hydrogens is 1360 g/mol. The van der Waals surface area contributed by atoms with Crippen molar-refractivity contribution in [2.45, 2.75) is 204 Å². The quantitative estimate of drug-likeness (QED) is 0.0207. The molecule has 13 rings (SSSR count). The van der Waals surface area contributed by atoms with Gasteiger partial charge in [-0.25, -0.2) is 0 Å². The van der Waals surface area contributed by atoms with Crippen LogP contribution in [0, 0.1) is 5.41 Å². The lowest BCUT2D eigenvalue weighted by molar-refractivity contribution is -0.410. The molecule has 0 saturated carbocycles. The maximum atomic E-state index is 15.6. The van der Waals surface area contributed by atoms with Crippen LogP contribution in [0.15, 0.2) is 237 Å². The lowest BCUT2D eigenvalue weighted by Crippen LogP contribution is -2.71. The highest BCUT2D eigenvalue weighted by molar-refractivity contribution is 6.21. The zero-order valence-electron chi connectivity index (χ0n) is 61.4. The summed E-state index contributed by atoms with van der Waals surface area (Å²) in [7, 11) is 0. The summed E-state index contributed by atoms with van der Waals surface area (Å²) in [5, 5.41) is 0. The number of carbonyl (C=O) groups excluding carboxylic acids is 3. The van der Waals surface area contributed by atoms with E-state index in [1.807, 2.05) is 212 Å². The van der Waals surface area contributed by atoms with Crippen LogP contribution in [0.1, 0.15) is 132 Å². The normalized spacial score (nSPS) is 26.5. The first-order chi connectivity index (χ1) is 52.4. The smallest absolute Gasteiger partial charge is 0.311 e. The SMILES string of the molecule is CCCCCCCCO[C@@H]1O[C@H](COCc2ccccc2)[C@@H](O[C@@H]2O[C@@H]3COC(c4ccccc4)O[C@H]3[C@H](O[C@@H]3O[C@H](COC(=O)C(C)(C)C)[C@@H](OCc4ccccc4)[C@H](OCc4ccccc4)[C@H]3N3C(=O)c4ccccc4C3=O)[C@@H]2OCc2ccccc2)[C@H](OCc2ccccc2)[C@H]1OCc1ccccc1. The molecule has 16 atom stereocenters. The standard InChI is InChI=1S/C88H99NO18/c1-5-6-7-8-9-33-50-94-85-79(98-55-64-42-25-14-26-43-64)77(97-54-63-40-23-13-24-41-63)74(69(103-85)57-93-51-60-34-17-10-18-35-60)106-86-80(99-56-65-44-27-15-28-45-65)78(75-71(104-86)58-100-83(105-75)66-46-29-16-30-47-66)107-84-72(89-81(90)67-48-31-32-49-68(67)82(89)91)76(96-53-62-38-21-12-22-39-62)73(95-52-61-36-19-11-20-37-61)70(102-84)59-101-87(92)88(2,3)4/h10-32,34-49,69-80,83-86H,5-9,33,50-59H2,1-4H3/t69-,70-,71-,72-,73-,74-,75-,76-,77+,78+,79-,80+,83?,84+,85-,86+/m1/s1. The van der Waals surface area contributed by atoms with Gasteiger partial charge in [0.05, 0.1) is 69.4 Å². The maximum Gasteiger partial charge on any atom is 0.311 e. The molecule has 0 aromatic heterocycles. The summed E-state index contributed by atoms with van der Waals surface area (Å²) < 4.78 is 108. The van der Waals surface area contributed by atoms with Crippen molar-refractivity contribution in [1.82, 2.24) is 4.90 Å². The van der Waals surface area contributed by atoms with E-state index < -0.39 is 122 Å². The third kappa shape index (κ3) is 20.2. The van der Waals surface area contributed by atoms with Gasteiger partial charge < -0.3 is 71.1 Å². The number of carbonyl (C=O) groups is 3. The van der Waals surface area contributed by atoms with Gasteiger partial charge in [-0.15, -0.1) is 0 Å². The fourth-order valence-electron chi connectivity index (χ4n) is 14.2. The van der Waals surface area contributed by atoms with Gasteiger partial charge in [0.1, 0.15) is 79.8 Å². The molecule has 5 heterocycles. The molecule has 2 amide bonds. The van der Waals surface area contributed by atoms with E-state index in [4.69, 9.17) is 71.1 Å². The molecule has 8 aromatic carbocycles. The van der Waals surface area contributed by atoms with Crippen LogP contribution in [0.2, 0.25) is 0 Å². The van der Waals surface area contributed by atoms with Gasteiger partial charge in [0.15, 0.2) is 25.2 Å². The van der Waals surface area contributed by atoms with Crippen molar-refractivity contribution < 1.29 is 85.4 Å². The number of amides is 2. The van der Waals surface area contributed by atoms with Crippen LogP contribution in [0.25, 0.3) is 0 Å². The molecule has 0 N–H and O–H groups in total. The van der Waals surface area contributed by atoms with E-state index in [0.29, 0.717) is 12.2 Å². The number of ether oxygens (including phenoxy) is 15. The molecule has 4 saturated heterocycles. The second-order valence-electron chi connectivity index (χ2n) is 28.8. The average molecular weight is 1460 g/mol. The summed E-state index contributed by atoms with van der Waals surface area (Å²) in [5.41, 5.74) is 5.25. The number of nitrogens with zero attached hydrogens (tertiary/aromatic N) is 1. The predicted molar refractivity (Wildman–Crippen MR) is 397 cm³/mol. The van der Waals surface area contributed by atoms with Crippen molar-refractivity contribution in [2.24, 2.45) is 5.41 Å². The van der Waals surface area contributed by atoms with Gasteiger partial charge >= 0.3 is 5.97 Å². The summed E-state index contributed by atoms with van der Waals surface area (Å²) in [6.45, 7) is 7.97. The lowest BCUT2D eigenvalue weighted by Gasteiger charge is -2.53. The van der Waals surface area contributed by atoms with E-state index in [1.54, 1.807) is 45.0 Å². The minimum absolute atomic E-state index is 0.0107. The monoisotopic (exact) mass is 1460 g/mol.